The minimum atomic E-state index is -4.54. The van der Waals surface area contributed by atoms with Crippen molar-refractivity contribution >= 4 is 38.3 Å². The molecule has 3 heterocycles. The summed E-state index contributed by atoms with van der Waals surface area (Å²) in [5.74, 6) is -1.34. The second-order valence-corrected chi connectivity index (χ2v) is 7.07. The number of sulfonamides is 1. The number of thiazole rings is 1. The number of ether oxygens (including phenoxy) is 2. The maximum Gasteiger partial charge on any atom is 0.335 e. The molecule has 11 nitrogen and oxygen atoms in total. The molecule has 0 fully saturated rings. The van der Waals surface area contributed by atoms with Crippen LogP contribution in [0.3, 0.4) is 0 Å². The van der Waals surface area contributed by atoms with Gasteiger partial charge in [0.25, 0.3) is 16.0 Å². The van der Waals surface area contributed by atoms with E-state index in [1.54, 1.807) is 4.72 Å². The number of nitrogens with one attached hydrogen (secondary N) is 2. The Morgan fingerprint density at radius 1 is 1.23 bits per heavy atom. The van der Waals surface area contributed by atoms with Gasteiger partial charge in [-0.15, -0.1) is 11.3 Å². The zero-order chi connectivity index (χ0) is 18.9. The number of fused-ring (bicyclic) bond motifs is 1. The molecule has 0 atom stereocenters. The van der Waals surface area contributed by atoms with E-state index in [0.29, 0.717) is 0 Å². The Kier molecular flexibility index (Phi) is 4.60. The molecule has 26 heavy (non-hydrogen) atoms. The minimum Gasteiger partial charge on any atom is -0.481 e. The third-order valence-electron chi connectivity index (χ3n) is 2.98. The molecule has 0 aliphatic carbocycles. The molecule has 2 N–H and O–H groups in total. The highest BCUT2D eigenvalue weighted by atomic mass is 32.2. The molecular weight excluding hydrogens is 391 g/mol. The van der Waals surface area contributed by atoms with Gasteiger partial charge in [-0.25, -0.2) is 9.52 Å². The van der Waals surface area contributed by atoms with E-state index in [1.165, 1.54) is 31.9 Å². The highest BCUT2D eigenvalue weighted by Gasteiger charge is 2.28. The molecule has 0 saturated carbocycles. The lowest BCUT2D eigenvalue weighted by Gasteiger charge is -2.09. The number of hydrogen-bond acceptors (Lipinski definition) is 9. The van der Waals surface area contributed by atoms with Crippen molar-refractivity contribution < 1.29 is 27.1 Å². The van der Waals surface area contributed by atoms with E-state index in [-0.39, 0.29) is 22.7 Å². The average molecular weight is 402 g/mol. The maximum atomic E-state index is 13.9. The summed E-state index contributed by atoms with van der Waals surface area (Å²) >= 11 is 1.04. The second kappa shape index (κ2) is 6.72. The lowest BCUT2D eigenvalue weighted by Crippen LogP contribution is -2.35. The predicted molar refractivity (Wildman–Crippen MR) is 87.5 cm³/mol. The molecule has 0 unspecified atom stereocenters. The third kappa shape index (κ3) is 3.36. The number of nitrogens with zero attached hydrogens (tertiary/aromatic N) is 4. The topological polar surface area (TPSA) is 137 Å². The van der Waals surface area contributed by atoms with Crippen molar-refractivity contribution in [2.24, 2.45) is 0 Å². The van der Waals surface area contributed by atoms with Crippen molar-refractivity contribution in [1.29, 1.82) is 0 Å². The van der Waals surface area contributed by atoms with Gasteiger partial charge in [-0.05, 0) is 0 Å². The predicted octanol–water partition coefficient (Wildman–Crippen LogP) is 0.853. The summed E-state index contributed by atoms with van der Waals surface area (Å²) in [5, 5.41) is 2.85. The first-order valence-electron chi connectivity index (χ1n) is 6.76. The number of aromatic nitrogens is 4. The summed E-state index contributed by atoms with van der Waals surface area (Å²) in [7, 11) is -1.87. The van der Waals surface area contributed by atoms with Crippen LogP contribution >= 0.6 is 11.3 Å². The van der Waals surface area contributed by atoms with Crippen molar-refractivity contribution in [2.45, 2.75) is 5.03 Å². The van der Waals surface area contributed by atoms with E-state index in [0.717, 1.165) is 15.7 Å². The Bertz CT molecular complexity index is 1060. The van der Waals surface area contributed by atoms with Crippen molar-refractivity contribution in [3.8, 4) is 11.8 Å². The fourth-order valence-corrected chi connectivity index (χ4v) is 3.77. The highest BCUT2D eigenvalue weighted by Crippen LogP contribution is 2.21. The van der Waals surface area contributed by atoms with Gasteiger partial charge in [0.15, 0.2) is 4.96 Å². The number of anilines is 1. The van der Waals surface area contributed by atoms with Gasteiger partial charge in [0.2, 0.25) is 22.7 Å². The number of amides is 2. The molecule has 0 aliphatic rings. The number of rotatable bonds is 5. The zero-order valence-electron chi connectivity index (χ0n) is 13.3. The van der Waals surface area contributed by atoms with Crippen LogP contribution in [-0.4, -0.2) is 48.0 Å². The number of methoxy groups -OCH3 is 2. The lowest BCUT2D eigenvalue weighted by molar-refractivity contribution is 0.256. The molecule has 2 amide bonds. The smallest absolute Gasteiger partial charge is 0.335 e. The normalized spacial score (nSPS) is 11.3. The third-order valence-corrected chi connectivity index (χ3v) is 5.07. The summed E-state index contributed by atoms with van der Waals surface area (Å²) in [6.45, 7) is 0. The molecule has 138 valence electrons. The van der Waals surface area contributed by atoms with Crippen LogP contribution in [0.1, 0.15) is 0 Å². The molecule has 3 rings (SSSR count). The molecule has 14 heteroatoms. The molecule has 0 spiro atoms. The Hall–Kier alpha value is -3.00. The van der Waals surface area contributed by atoms with E-state index < -0.39 is 27.0 Å². The fourth-order valence-electron chi connectivity index (χ4n) is 1.95. The number of halogens is 1. The van der Waals surface area contributed by atoms with Crippen molar-refractivity contribution in [1.82, 2.24) is 24.1 Å². The Morgan fingerprint density at radius 3 is 2.50 bits per heavy atom. The van der Waals surface area contributed by atoms with Crippen molar-refractivity contribution in [3.63, 3.8) is 0 Å². The van der Waals surface area contributed by atoms with Gasteiger partial charge < -0.3 is 9.47 Å². The van der Waals surface area contributed by atoms with E-state index in [9.17, 15) is 17.6 Å². The van der Waals surface area contributed by atoms with Gasteiger partial charge in [-0.1, -0.05) is 0 Å². The van der Waals surface area contributed by atoms with Crippen LogP contribution in [0, 0.1) is 5.95 Å². The lowest BCUT2D eigenvalue weighted by atomic mass is 10.6. The molecule has 0 bridgehead atoms. The van der Waals surface area contributed by atoms with Gasteiger partial charge in [0, 0.05) is 11.6 Å². The number of carbonyl (C=O) groups excluding carboxylic acids is 1. The van der Waals surface area contributed by atoms with E-state index >= 15 is 0 Å². The summed E-state index contributed by atoms with van der Waals surface area (Å²) in [6, 6.07) is 0.152. The van der Waals surface area contributed by atoms with Gasteiger partial charge in [-0.2, -0.15) is 27.8 Å². The zero-order valence-corrected chi connectivity index (χ0v) is 14.9. The molecule has 3 aromatic rings. The molecule has 0 radical (unpaired) electrons. The maximum absolute atomic E-state index is 13.9. The first-order chi connectivity index (χ1) is 12.3. The van der Waals surface area contributed by atoms with Crippen LogP contribution in [0.25, 0.3) is 4.96 Å². The molecule has 0 aromatic carbocycles. The summed E-state index contributed by atoms with van der Waals surface area (Å²) in [4.78, 5) is 23.3. The fraction of sp³-hybridized carbons (Fsp3) is 0.167. The van der Waals surface area contributed by atoms with Crippen LogP contribution in [-0.2, 0) is 10.0 Å². The van der Waals surface area contributed by atoms with Gasteiger partial charge in [0.05, 0.1) is 20.3 Å². The number of urea groups is 1. The van der Waals surface area contributed by atoms with Gasteiger partial charge in [0.1, 0.15) is 0 Å². The Balaban J connectivity index is 1.83. The Morgan fingerprint density at radius 2 is 1.88 bits per heavy atom. The van der Waals surface area contributed by atoms with Crippen molar-refractivity contribution in [2.75, 3.05) is 19.5 Å². The largest absolute Gasteiger partial charge is 0.481 e. The number of hydrogen-bond donors (Lipinski definition) is 2. The molecular formula is C12H11FN6O5S2. The number of carbonyl (C=O) groups is 1. The van der Waals surface area contributed by atoms with Crippen LogP contribution < -0.4 is 19.5 Å². The summed E-state index contributed by atoms with van der Waals surface area (Å²) in [6.07, 6.45) is 1.32. The summed E-state index contributed by atoms with van der Waals surface area (Å²) < 4.78 is 51.0. The molecule has 3 aromatic heterocycles. The van der Waals surface area contributed by atoms with Crippen molar-refractivity contribution in [3.05, 3.63) is 23.6 Å². The Labute approximate surface area is 149 Å². The van der Waals surface area contributed by atoms with E-state index in [2.05, 4.69) is 20.3 Å². The van der Waals surface area contributed by atoms with Crippen LogP contribution in [0.15, 0.2) is 22.7 Å². The quantitative estimate of drug-likeness (QED) is 0.641. The highest BCUT2D eigenvalue weighted by molar-refractivity contribution is 7.90. The number of imidazole rings is 1. The van der Waals surface area contributed by atoms with E-state index in [1.807, 2.05) is 0 Å². The molecule has 0 aliphatic heterocycles. The SMILES string of the molecule is COc1cc(OC)nc(NC(=O)NS(=O)(=O)c2c(F)nc3sccn23)n1. The van der Waals surface area contributed by atoms with Gasteiger partial charge in [-0.3, -0.25) is 9.72 Å². The first kappa shape index (κ1) is 17.8. The van der Waals surface area contributed by atoms with Gasteiger partial charge >= 0.3 is 6.03 Å². The monoisotopic (exact) mass is 402 g/mol. The van der Waals surface area contributed by atoms with Crippen LogP contribution in [0.2, 0.25) is 0 Å². The molecule has 0 saturated heterocycles. The van der Waals surface area contributed by atoms with Crippen LogP contribution in [0.4, 0.5) is 15.1 Å². The van der Waals surface area contributed by atoms with E-state index in [4.69, 9.17) is 9.47 Å². The average Bonchev–Trinajstić information content (AvgIpc) is 3.13. The first-order valence-corrected chi connectivity index (χ1v) is 9.12. The standard InChI is InChI=1S/C12H11FN6O5S2/c1-23-6-5-7(24-2)15-10(14-6)17-11(20)18-26(21,22)9-8(13)16-12-19(9)3-4-25-12/h3-5H,1-2H3,(H2,14,15,17,18,20). The second-order valence-electron chi connectivity index (χ2n) is 4.60. The summed E-state index contributed by atoms with van der Waals surface area (Å²) in [5.41, 5.74) is 0. The van der Waals surface area contributed by atoms with Crippen LogP contribution in [0.5, 0.6) is 11.8 Å². The minimum absolute atomic E-state index is 0.0804.